The van der Waals surface area contributed by atoms with Crippen molar-refractivity contribution in [2.75, 3.05) is 0 Å². The van der Waals surface area contributed by atoms with Crippen molar-refractivity contribution in [1.29, 1.82) is 0 Å². The molecule has 2 amide bonds. The molecule has 21 heavy (non-hydrogen) atoms. The second kappa shape index (κ2) is 6.04. The minimum absolute atomic E-state index is 0.235. The fourth-order valence-electron chi connectivity index (χ4n) is 1.68. The summed E-state index contributed by atoms with van der Waals surface area (Å²) in [6, 6.07) is 3.94. The van der Waals surface area contributed by atoms with Gasteiger partial charge in [0.2, 0.25) is 0 Å². The zero-order chi connectivity index (χ0) is 15.6. The lowest BCUT2D eigenvalue weighted by Gasteiger charge is -2.08. The van der Waals surface area contributed by atoms with Crippen molar-refractivity contribution in [2.45, 2.75) is 0 Å². The van der Waals surface area contributed by atoms with E-state index in [1.165, 1.54) is 0 Å². The minimum atomic E-state index is -0.877. The van der Waals surface area contributed by atoms with Gasteiger partial charge in [0.1, 0.15) is 17.3 Å². The molecule has 0 fully saturated rings. The van der Waals surface area contributed by atoms with E-state index in [4.69, 9.17) is 0 Å². The van der Waals surface area contributed by atoms with E-state index in [0.29, 0.717) is 16.2 Å². The van der Waals surface area contributed by atoms with Crippen molar-refractivity contribution in [3.05, 3.63) is 57.8 Å². The summed E-state index contributed by atoms with van der Waals surface area (Å²) >= 11 is 3.21. The number of hydrazine groups is 1. The lowest BCUT2D eigenvalue weighted by Crippen LogP contribution is -2.42. The Morgan fingerprint density at radius 3 is 2.14 bits per heavy atom. The number of aryl methyl sites for hydroxylation is 1. The van der Waals surface area contributed by atoms with Crippen LogP contribution in [-0.4, -0.2) is 16.4 Å². The van der Waals surface area contributed by atoms with E-state index in [1.54, 1.807) is 23.9 Å². The highest BCUT2D eigenvalue weighted by Gasteiger charge is 2.13. The molecule has 0 aliphatic carbocycles. The van der Waals surface area contributed by atoms with Crippen LogP contribution < -0.4 is 10.9 Å². The van der Waals surface area contributed by atoms with Gasteiger partial charge in [0.15, 0.2) is 0 Å². The van der Waals surface area contributed by atoms with E-state index in [2.05, 4.69) is 26.8 Å². The van der Waals surface area contributed by atoms with E-state index < -0.39 is 23.4 Å². The normalized spacial score (nSPS) is 10.3. The molecule has 110 valence electrons. The van der Waals surface area contributed by atoms with Gasteiger partial charge in [-0.05, 0) is 34.1 Å². The van der Waals surface area contributed by atoms with Crippen molar-refractivity contribution in [3.8, 4) is 0 Å². The molecule has 0 atom stereocenters. The molecule has 0 aliphatic heterocycles. The smallest absolute Gasteiger partial charge is 0.286 e. The van der Waals surface area contributed by atoms with Gasteiger partial charge in [-0.25, -0.2) is 8.78 Å². The van der Waals surface area contributed by atoms with Crippen LogP contribution in [-0.2, 0) is 7.05 Å². The summed E-state index contributed by atoms with van der Waals surface area (Å²) in [5, 5.41) is 0. The lowest BCUT2D eigenvalue weighted by atomic mass is 10.2. The van der Waals surface area contributed by atoms with Gasteiger partial charge in [-0.2, -0.15) is 0 Å². The third-order valence-electron chi connectivity index (χ3n) is 2.62. The van der Waals surface area contributed by atoms with Crippen LogP contribution in [0.2, 0.25) is 0 Å². The number of carbonyl (C=O) groups excluding carboxylic acids is 2. The quantitative estimate of drug-likeness (QED) is 0.808. The maximum atomic E-state index is 13.0. The third kappa shape index (κ3) is 3.66. The molecule has 0 radical (unpaired) electrons. The van der Waals surface area contributed by atoms with Gasteiger partial charge in [0, 0.05) is 29.3 Å². The largest absolute Gasteiger partial charge is 0.345 e. The number of aromatic nitrogens is 1. The Labute approximate surface area is 127 Å². The maximum Gasteiger partial charge on any atom is 0.286 e. The standard InChI is InChI=1S/C13H10BrF2N3O2/c1-19-6-8(14)4-11(19)13(21)18-17-12(20)7-2-9(15)5-10(16)3-7/h2-6H,1H3,(H,17,20)(H,18,21). The summed E-state index contributed by atoms with van der Waals surface area (Å²) < 4.78 is 28.2. The van der Waals surface area contributed by atoms with Crippen molar-refractivity contribution in [1.82, 2.24) is 15.4 Å². The van der Waals surface area contributed by atoms with Crippen LogP contribution in [0.4, 0.5) is 8.78 Å². The first kappa shape index (κ1) is 15.2. The average Bonchev–Trinajstić information content (AvgIpc) is 2.73. The second-order valence-corrected chi connectivity index (χ2v) is 5.14. The van der Waals surface area contributed by atoms with Gasteiger partial charge in [-0.15, -0.1) is 0 Å². The second-order valence-electron chi connectivity index (χ2n) is 4.22. The number of nitrogens with one attached hydrogen (secondary N) is 2. The van der Waals surface area contributed by atoms with E-state index in [9.17, 15) is 18.4 Å². The zero-order valence-electron chi connectivity index (χ0n) is 10.8. The topological polar surface area (TPSA) is 63.1 Å². The van der Waals surface area contributed by atoms with E-state index in [-0.39, 0.29) is 5.56 Å². The predicted octanol–water partition coefficient (Wildman–Crippen LogP) is 2.14. The molecular weight excluding hydrogens is 348 g/mol. The van der Waals surface area contributed by atoms with Crippen molar-refractivity contribution in [3.63, 3.8) is 0 Å². The van der Waals surface area contributed by atoms with Crippen LogP contribution in [0.1, 0.15) is 20.8 Å². The summed E-state index contributed by atoms with van der Waals surface area (Å²) in [7, 11) is 1.66. The molecule has 0 spiro atoms. The summed E-state index contributed by atoms with van der Waals surface area (Å²) in [6.07, 6.45) is 1.67. The highest BCUT2D eigenvalue weighted by Crippen LogP contribution is 2.13. The highest BCUT2D eigenvalue weighted by atomic mass is 79.9. The molecule has 2 N–H and O–H groups in total. The lowest BCUT2D eigenvalue weighted by molar-refractivity contribution is 0.0841. The molecule has 1 aromatic heterocycles. The Balaban J connectivity index is 2.04. The Kier molecular flexibility index (Phi) is 4.37. The molecule has 2 rings (SSSR count). The van der Waals surface area contributed by atoms with Gasteiger partial charge in [-0.1, -0.05) is 0 Å². The number of amides is 2. The molecule has 0 bridgehead atoms. The monoisotopic (exact) mass is 357 g/mol. The molecule has 0 aliphatic rings. The summed E-state index contributed by atoms with van der Waals surface area (Å²) in [4.78, 5) is 23.5. The van der Waals surface area contributed by atoms with Crippen molar-refractivity contribution in [2.24, 2.45) is 7.05 Å². The molecule has 0 unspecified atom stereocenters. The number of nitrogens with zero attached hydrogens (tertiary/aromatic N) is 1. The van der Waals surface area contributed by atoms with Gasteiger partial charge >= 0.3 is 0 Å². The van der Waals surface area contributed by atoms with E-state index >= 15 is 0 Å². The number of hydrogen-bond donors (Lipinski definition) is 2. The van der Waals surface area contributed by atoms with Crippen LogP contribution in [0, 0.1) is 11.6 Å². The average molecular weight is 358 g/mol. The fraction of sp³-hybridized carbons (Fsp3) is 0.0769. The molecule has 5 nitrogen and oxygen atoms in total. The fourth-order valence-corrected chi connectivity index (χ4v) is 2.21. The number of rotatable bonds is 2. The highest BCUT2D eigenvalue weighted by molar-refractivity contribution is 9.10. The zero-order valence-corrected chi connectivity index (χ0v) is 12.4. The number of hydrogen-bond acceptors (Lipinski definition) is 2. The Morgan fingerprint density at radius 1 is 1.05 bits per heavy atom. The van der Waals surface area contributed by atoms with Gasteiger partial charge in [0.05, 0.1) is 0 Å². The van der Waals surface area contributed by atoms with Gasteiger partial charge in [-0.3, -0.25) is 20.4 Å². The molecular formula is C13H10BrF2N3O2. The van der Waals surface area contributed by atoms with Crippen molar-refractivity contribution < 1.29 is 18.4 Å². The van der Waals surface area contributed by atoms with Crippen LogP contribution in [0.5, 0.6) is 0 Å². The number of carbonyl (C=O) groups is 2. The van der Waals surface area contributed by atoms with E-state index in [0.717, 1.165) is 12.1 Å². The third-order valence-corrected chi connectivity index (χ3v) is 3.05. The summed E-state index contributed by atoms with van der Waals surface area (Å²) in [5.74, 6) is -3.14. The SMILES string of the molecule is Cn1cc(Br)cc1C(=O)NNC(=O)c1cc(F)cc(F)c1. The number of benzene rings is 1. The van der Waals surface area contributed by atoms with Crippen LogP contribution in [0.3, 0.4) is 0 Å². The molecule has 2 aromatic rings. The molecule has 1 heterocycles. The first-order valence-corrected chi connectivity index (χ1v) is 6.55. The summed E-state index contributed by atoms with van der Waals surface area (Å²) in [5.41, 5.74) is 4.32. The molecule has 0 saturated carbocycles. The first-order valence-electron chi connectivity index (χ1n) is 5.75. The Morgan fingerprint density at radius 2 is 1.62 bits per heavy atom. The molecule has 1 aromatic carbocycles. The van der Waals surface area contributed by atoms with E-state index in [1.807, 2.05) is 0 Å². The predicted molar refractivity (Wildman–Crippen MR) is 74.4 cm³/mol. The Hall–Kier alpha value is -2.22. The van der Waals surface area contributed by atoms with Crippen LogP contribution in [0.15, 0.2) is 34.9 Å². The Bertz CT molecular complexity index is 695. The van der Waals surface area contributed by atoms with Gasteiger partial charge < -0.3 is 4.57 Å². The maximum absolute atomic E-state index is 13.0. The molecule has 8 heteroatoms. The van der Waals surface area contributed by atoms with Crippen molar-refractivity contribution >= 4 is 27.7 Å². The van der Waals surface area contributed by atoms with Crippen LogP contribution in [0.25, 0.3) is 0 Å². The van der Waals surface area contributed by atoms with Crippen LogP contribution >= 0.6 is 15.9 Å². The molecule has 0 saturated heterocycles. The minimum Gasteiger partial charge on any atom is -0.345 e. The van der Waals surface area contributed by atoms with Gasteiger partial charge in [0.25, 0.3) is 11.8 Å². The number of halogens is 3. The first-order chi connectivity index (χ1) is 9.86. The summed E-state index contributed by atoms with van der Waals surface area (Å²) in [6.45, 7) is 0.